The molecule has 0 bridgehead atoms. The van der Waals surface area contributed by atoms with Crippen LogP contribution in [0.5, 0.6) is 0 Å². The first-order valence-electron chi connectivity index (χ1n) is 9.61. The molecular weight excluding hydrogens is 404 g/mol. The van der Waals surface area contributed by atoms with Gasteiger partial charge >= 0.3 is 0 Å². The number of nitrogens with zero attached hydrogens (tertiary/aromatic N) is 3. The number of benzene rings is 1. The fraction of sp³-hybridized carbons (Fsp3) is 0.136. The molecular formula is C22H17F2N5O2. The Morgan fingerprint density at radius 3 is 2.87 bits per heavy atom. The zero-order chi connectivity index (χ0) is 21.5. The summed E-state index contributed by atoms with van der Waals surface area (Å²) in [7, 11) is 0. The van der Waals surface area contributed by atoms with Crippen LogP contribution in [-0.4, -0.2) is 32.3 Å². The summed E-state index contributed by atoms with van der Waals surface area (Å²) in [6.45, 7) is 0.344. The number of H-pyrrole nitrogens is 1. The standard InChI is InChI=1S/C22H17F2N5O2/c23-13-4-5-16(26-10-13)14(9-25)22(30)29-7-6-17-19(28-11-27-17)20(29)18-8-12-2-1-3-15(24)21(12)31-18/h1-5,8-11,20H,6-7,25H2,(H,27,28)/b14-9+/t20-/m1/s1. The topological polar surface area (TPSA) is 101 Å². The van der Waals surface area contributed by atoms with Crippen molar-refractivity contribution >= 4 is 22.4 Å². The predicted molar refractivity (Wildman–Crippen MR) is 108 cm³/mol. The van der Waals surface area contributed by atoms with E-state index >= 15 is 0 Å². The largest absolute Gasteiger partial charge is 0.455 e. The second kappa shape index (κ2) is 7.35. The zero-order valence-electron chi connectivity index (χ0n) is 16.2. The minimum Gasteiger partial charge on any atom is -0.455 e. The third kappa shape index (κ3) is 3.14. The van der Waals surface area contributed by atoms with Crippen LogP contribution in [-0.2, 0) is 11.2 Å². The summed E-state index contributed by atoms with van der Waals surface area (Å²) < 4.78 is 33.4. The van der Waals surface area contributed by atoms with Crippen LogP contribution in [0.25, 0.3) is 16.5 Å². The number of para-hydroxylation sites is 1. The van der Waals surface area contributed by atoms with Gasteiger partial charge in [-0.05, 0) is 24.3 Å². The smallest absolute Gasteiger partial charge is 0.258 e. The number of fused-ring (bicyclic) bond motifs is 2. The molecule has 0 saturated carbocycles. The summed E-state index contributed by atoms with van der Waals surface area (Å²) in [5, 5.41) is 0.583. The lowest BCUT2D eigenvalue weighted by Crippen LogP contribution is -2.41. The molecule has 31 heavy (non-hydrogen) atoms. The highest BCUT2D eigenvalue weighted by Crippen LogP contribution is 2.38. The van der Waals surface area contributed by atoms with Crippen LogP contribution in [0.4, 0.5) is 8.78 Å². The van der Waals surface area contributed by atoms with Gasteiger partial charge in [0, 0.05) is 30.2 Å². The number of carbonyl (C=O) groups excluding carboxylic acids is 1. The fourth-order valence-corrected chi connectivity index (χ4v) is 3.92. The number of imidazole rings is 1. The number of amides is 1. The molecule has 0 saturated heterocycles. The van der Waals surface area contributed by atoms with Crippen molar-refractivity contribution in [1.82, 2.24) is 19.9 Å². The Labute approximate surface area is 175 Å². The van der Waals surface area contributed by atoms with Gasteiger partial charge < -0.3 is 20.0 Å². The van der Waals surface area contributed by atoms with E-state index in [4.69, 9.17) is 10.2 Å². The molecule has 5 rings (SSSR count). The summed E-state index contributed by atoms with van der Waals surface area (Å²) in [5.74, 6) is -1.04. The summed E-state index contributed by atoms with van der Waals surface area (Å²) in [5.41, 5.74) is 7.71. The van der Waals surface area contributed by atoms with Crippen LogP contribution in [0.1, 0.15) is 28.9 Å². The predicted octanol–water partition coefficient (Wildman–Crippen LogP) is 3.30. The third-order valence-corrected chi connectivity index (χ3v) is 5.37. The van der Waals surface area contributed by atoms with E-state index in [0.29, 0.717) is 29.8 Å². The third-order valence-electron chi connectivity index (χ3n) is 5.37. The average Bonchev–Trinajstić information content (AvgIpc) is 3.42. The minimum absolute atomic E-state index is 0.113. The number of rotatable bonds is 3. The van der Waals surface area contributed by atoms with Crippen molar-refractivity contribution in [3.63, 3.8) is 0 Å². The SMILES string of the molecule is N/C=C(/C(=O)N1CCc2[nH]cnc2[C@H]1c1cc2cccc(F)c2o1)c1ccc(F)cn1. The van der Waals surface area contributed by atoms with E-state index in [-0.39, 0.29) is 16.9 Å². The van der Waals surface area contributed by atoms with E-state index in [1.807, 2.05) is 0 Å². The highest BCUT2D eigenvalue weighted by atomic mass is 19.1. The quantitative estimate of drug-likeness (QED) is 0.495. The monoisotopic (exact) mass is 421 g/mol. The van der Waals surface area contributed by atoms with E-state index in [9.17, 15) is 13.6 Å². The molecule has 1 aliphatic rings. The van der Waals surface area contributed by atoms with Crippen LogP contribution in [0, 0.1) is 11.6 Å². The van der Waals surface area contributed by atoms with E-state index in [0.717, 1.165) is 18.1 Å². The van der Waals surface area contributed by atoms with Crippen molar-refractivity contribution in [3.8, 4) is 0 Å². The number of aromatic nitrogens is 3. The maximum Gasteiger partial charge on any atom is 0.258 e. The molecule has 0 aliphatic carbocycles. The number of hydrogen-bond acceptors (Lipinski definition) is 5. The van der Waals surface area contributed by atoms with Crippen LogP contribution in [0.3, 0.4) is 0 Å². The van der Waals surface area contributed by atoms with Crippen molar-refractivity contribution < 1.29 is 18.0 Å². The van der Waals surface area contributed by atoms with Gasteiger partial charge in [-0.15, -0.1) is 0 Å². The van der Waals surface area contributed by atoms with Gasteiger partial charge in [-0.25, -0.2) is 13.8 Å². The second-order valence-electron chi connectivity index (χ2n) is 7.17. The highest BCUT2D eigenvalue weighted by Gasteiger charge is 2.38. The lowest BCUT2D eigenvalue weighted by molar-refractivity contribution is -0.127. The maximum absolute atomic E-state index is 14.2. The molecule has 3 N–H and O–H groups in total. The Morgan fingerprint density at radius 1 is 1.26 bits per heavy atom. The van der Waals surface area contributed by atoms with Crippen molar-refractivity contribution in [2.24, 2.45) is 5.73 Å². The molecule has 0 spiro atoms. The molecule has 0 fully saturated rings. The van der Waals surface area contributed by atoms with Crippen LogP contribution >= 0.6 is 0 Å². The Hall–Kier alpha value is -4.01. The van der Waals surface area contributed by atoms with Gasteiger partial charge in [0.15, 0.2) is 11.4 Å². The molecule has 9 heteroatoms. The number of hydrogen-bond donors (Lipinski definition) is 2. The van der Waals surface area contributed by atoms with Crippen LogP contribution in [0.2, 0.25) is 0 Å². The first-order chi connectivity index (χ1) is 15.1. The van der Waals surface area contributed by atoms with Gasteiger partial charge in [0.2, 0.25) is 0 Å². The van der Waals surface area contributed by atoms with Gasteiger partial charge in [0.05, 0.1) is 29.5 Å². The number of aromatic amines is 1. The lowest BCUT2D eigenvalue weighted by Gasteiger charge is -2.34. The normalized spacial score (nSPS) is 16.5. The van der Waals surface area contributed by atoms with E-state index in [1.54, 1.807) is 29.4 Å². The Morgan fingerprint density at radius 2 is 2.13 bits per heavy atom. The molecule has 1 atom stereocenters. The van der Waals surface area contributed by atoms with Crippen molar-refractivity contribution in [2.45, 2.75) is 12.5 Å². The van der Waals surface area contributed by atoms with Gasteiger partial charge in [-0.3, -0.25) is 9.78 Å². The molecule has 7 nitrogen and oxygen atoms in total. The van der Waals surface area contributed by atoms with Gasteiger partial charge in [0.25, 0.3) is 5.91 Å². The van der Waals surface area contributed by atoms with Crippen molar-refractivity contribution in [3.05, 3.63) is 89.6 Å². The van der Waals surface area contributed by atoms with Crippen molar-refractivity contribution in [2.75, 3.05) is 6.54 Å². The molecule has 156 valence electrons. The summed E-state index contributed by atoms with van der Waals surface area (Å²) in [6.07, 6.45) is 4.27. The minimum atomic E-state index is -0.690. The molecule has 3 aromatic heterocycles. The molecule has 4 heterocycles. The van der Waals surface area contributed by atoms with E-state index < -0.39 is 23.6 Å². The first-order valence-corrected chi connectivity index (χ1v) is 9.61. The lowest BCUT2D eigenvalue weighted by atomic mass is 9.98. The molecule has 1 amide bonds. The number of nitrogens with two attached hydrogens (primary N) is 1. The van der Waals surface area contributed by atoms with E-state index in [2.05, 4.69) is 15.0 Å². The Bertz CT molecular complexity index is 1310. The molecule has 0 unspecified atom stereocenters. The second-order valence-corrected chi connectivity index (χ2v) is 7.17. The van der Waals surface area contributed by atoms with Gasteiger partial charge in [-0.1, -0.05) is 12.1 Å². The molecule has 4 aromatic rings. The maximum atomic E-state index is 14.2. The van der Waals surface area contributed by atoms with Crippen LogP contribution in [0.15, 0.2) is 59.5 Å². The summed E-state index contributed by atoms with van der Waals surface area (Å²) in [6, 6.07) is 8.26. The molecule has 1 aliphatic heterocycles. The first kappa shape index (κ1) is 19.0. The summed E-state index contributed by atoms with van der Waals surface area (Å²) >= 11 is 0. The number of carbonyl (C=O) groups is 1. The number of halogens is 2. The fourth-order valence-electron chi connectivity index (χ4n) is 3.92. The average molecular weight is 421 g/mol. The Kier molecular flexibility index (Phi) is 4.50. The van der Waals surface area contributed by atoms with E-state index in [1.165, 1.54) is 18.2 Å². The van der Waals surface area contributed by atoms with Gasteiger partial charge in [-0.2, -0.15) is 0 Å². The number of pyridine rings is 1. The highest BCUT2D eigenvalue weighted by molar-refractivity contribution is 6.19. The van der Waals surface area contributed by atoms with Crippen molar-refractivity contribution in [1.29, 1.82) is 0 Å². The van der Waals surface area contributed by atoms with Crippen LogP contribution < -0.4 is 5.73 Å². The Balaban J connectivity index is 1.60. The van der Waals surface area contributed by atoms with Gasteiger partial charge in [0.1, 0.15) is 17.6 Å². The number of furan rings is 1. The molecule has 0 radical (unpaired) electrons. The zero-order valence-corrected chi connectivity index (χ0v) is 16.2. The number of nitrogens with one attached hydrogen (secondary N) is 1. The molecule has 1 aromatic carbocycles. The summed E-state index contributed by atoms with van der Waals surface area (Å²) in [4.78, 5) is 26.5.